The maximum Gasteiger partial charge on any atom is 0.273 e. The largest absolute Gasteiger partial charge is 0.507 e. The highest BCUT2D eigenvalue weighted by molar-refractivity contribution is 6.31. The van der Waals surface area contributed by atoms with E-state index in [0.717, 1.165) is 23.3 Å². The van der Waals surface area contributed by atoms with E-state index in [9.17, 15) is 15.0 Å². The van der Waals surface area contributed by atoms with Crippen LogP contribution >= 0.6 is 11.6 Å². The molecule has 8 heteroatoms. The summed E-state index contributed by atoms with van der Waals surface area (Å²) >= 11 is 6.32. The van der Waals surface area contributed by atoms with Crippen molar-refractivity contribution in [1.29, 1.82) is 0 Å². The highest BCUT2D eigenvalue weighted by Crippen LogP contribution is 2.45. The highest BCUT2D eigenvalue weighted by atomic mass is 35.5. The topological polar surface area (TPSA) is 98.7 Å². The van der Waals surface area contributed by atoms with Crippen molar-refractivity contribution in [2.45, 2.75) is 32.7 Å². The van der Waals surface area contributed by atoms with E-state index >= 15 is 0 Å². The first-order valence-corrected chi connectivity index (χ1v) is 11.1. The minimum Gasteiger partial charge on any atom is -0.507 e. The zero-order valence-corrected chi connectivity index (χ0v) is 18.8. The fraction of sp³-hybridized carbons (Fsp3) is 0.333. The number of fused-ring (bicyclic) bond motifs is 1. The summed E-state index contributed by atoms with van der Waals surface area (Å²) in [5, 5.41) is 27.7. The number of phenols is 1. The number of nitrogens with one attached hydrogen (secondary N) is 1. The monoisotopic (exact) mass is 455 g/mol. The van der Waals surface area contributed by atoms with Gasteiger partial charge in [0.2, 0.25) is 0 Å². The summed E-state index contributed by atoms with van der Waals surface area (Å²) in [6.07, 6.45) is 1.37. The maximum atomic E-state index is 13.2. The number of aryl methyl sites for hydroxylation is 1. The van der Waals surface area contributed by atoms with Gasteiger partial charge in [-0.05, 0) is 55.2 Å². The van der Waals surface area contributed by atoms with Gasteiger partial charge in [-0.3, -0.25) is 9.89 Å². The van der Waals surface area contributed by atoms with Crippen LogP contribution in [0.4, 0.5) is 0 Å². The Labute approximate surface area is 191 Å². The number of H-pyrrole nitrogens is 1. The standard InChI is InChI=1S/C24H26ClN3O4/c1-3-11-32-16-7-5-15(6-8-16)23-20-21(17-13-18(25)14(2)12-19(17)30)26-27-22(20)24(31)28(23)9-4-10-29/h5-8,12-13,23,29-30H,3-4,9-11H2,1-2H3,(H,26,27). The number of aromatic hydroxyl groups is 1. The van der Waals surface area contributed by atoms with Gasteiger partial charge < -0.3 is 19.8 Å². The average molecular weight is 456 g/mol. The van der Waals surface area contributed by atoms with E-state index in [1.807, 2.05) is 38.1 Å². The molecule has 7 nitrogen and oxygen atoms in total. The van der Waals surface area contributed by atoms with Gasteiger partial charge in [-0.2, -0.15) is 5.10 Å². The first-order chi connectivity index (χ1) is 15.5. The summed E-state index contributed by atoms with van der Waals surface area (Å²) in [7, 11) is 0. The molecule has 32 heavy (non-hydrogen) atoms. The van der Waals surface area contributed by atoms with Crippen molar-refractivity contribution < 1.29 is 19.7 Å². The Morgan fingerprint density at radius 1 is 1.25 bits per heavy atom. The number of nitrogens with zero attached hydrogens (tertiary/aromatic N) is 2. The molecule has 2 aromatic carbocycles. The molecule has 0 aliphatic carbocycles. The van der Waals surface area contributed by atoms with E-state index in [1.54, 1.807) is 17.0 Å². The molecule has 1 atom stereocenters. The second-order valence-corrected chi connectivity index (χ2v) is 8.28. The SMILES string of the molecule is CCCOc1ccc(C2c3c(-c4cc(Cl)c(C)cc4O)n[nH]c3C(=O)N2CCCO)cc1. The van der Waals surface area contributed by atoms with E-state index in [-0.39, 0.29) is 18.3 Å². The van der Waals surface area contributed by atoms with Crippen molar-refractivity contribution in [3.8, 4) is 22.8 Å². The lowest BCUT2D eigenvalue weighted by Gasteiger charge is -2.26. The number of ether oxygens (including phenoxy) is 1. The van der Waals surface area contributed by atoms with Crippen LogP contribution in [0.2, 0.25) is 5.02 Å². The van der Waals surface area contributed by atoms with E-state index in [0.29, 0.717) is 47.1 Å². The number of aliphatic hydroxyl groups excluding tert-OH is 1. The molecular formula is C24H26ClN3O4. The van der Waals surface area contributed by atoms with Crippen LogP contribution in [0, 0.1) is 6.92 Å². The van der Waals surface area contributed by atoms with Gasteiger partial charge in [0.05, 0.1) is 12.6 Å². The molecule has 0 saturated carbocycles. The van der Waals surface area contributed by atoms with Gasteiger partial charge >= 0.3 is 0 Å². The van der Waals surface area contributed by atoms with Crippen molar-refractivity contribution in [2.24, 2.45) is 0 Å². The fourth-order valence-corrected chi connectivity index (χ4v) is 4.21. The van der Waals surface area contributed by atoms with Gasteiger partial charge in [0.25, 0.3) is 5.91 Å². The number of benzene rings is 2. The van der Waals surface area contributed by atoms with Gasteiger partial charge in [0.15, 0.2) is 0 Å². The Hall–Kier alpha value is -3.03. The highest BCUT2D eigenvalue weighted by Gasteiger charge is 2.42. The molecule has 2 heterocycles. The molecule has 0 radical (unpaired) electrons. The minimum atomic E-state index is -0.419. The van der Waals surface area contributed by atoms with Gasteiger partial charge in [0, 0.05) is 29.3 Å². The molecule has 1 unspecified atom stereocenters. The number of carbonyl (C=O) groups is 1. The number of phenolic OH excluding ortho intramolecular Hbond substituents is 1. The van der Waals surface area contributed by atoms with Gasteiger partial charge in [-0.1, -0.05) is 30.7 Å². The lowest BCUT2D eigenvalue weighted by molar-refractivity contribution is 0.0732. The van der Waals surface area contributed by atoms with E-state index in [1.165, 1.54) is 0 Å². The van der Waals surface area contributed by atoms with Crippen LogP contribution in [-0.2, 0) is 0 Å². The second kappa shape index (κ2) is 9.22. The summed E-state index contributed by atoms with van der Waals surface area (Å²) in [5.41, 5.74) is 3.65. The molecule has 0 bridgehead atoms. The Balaban J connectivity index is 1.81. The average Bonchev–Trinajstić information content (AvgIpc) is 3.32. The van der Waals surface area contributed by atoms with Crippen LogP contribution in [-0.4, -0.2) is 51.0 Å². The number of amides is 1. The molecule has 168 valence electrons. The molecule has 1 aliphatic rings. The van der Waals surface area contributed by atoms with Crippen molar-refractivity contribution in [3.05, 3.63) is 63.8 Å². The molecule has 1 aromatic heterocycles. The minimum absolute atomic E-state index is 0.0201. The Kier molecular flexibility index (Phi) is 6.39. The van der Waals surface area contributed by atoms with E-state index < -0.39 is 6.04 Å². The third kappa shape index (κ3) is 3.94. The Morgan fingerprint density at radius 3 is 2.69 bits per heavy atom. The predicted octanol–water partition coefficient (Wildman–Crippen LogP) is 4.46. The van der Waals surface area contributed by atoms with Crippen LogP contribution in [0.3, 0.4) is 0 Å². The third-order valence-electron chi connectivity index (χ3n) is 5.62. The summed E-state index contributed by atoms with van der Waals surface area (Å²) in [5.74, 6) is 0.614. The normalized spacial score (nSPS) is 15.3. The zero-order valence-electron chi connectivity index (χ0n) is 18.1. The molecule has 0 saturated heterocycles. The molecule has 0 spiro atoms. The summed E-state index contributed by atoms with van der Waals surface area (Å²) < 4.78 is 5.69. The number of hydrogen-bond donors (Lipinski definition) is 3. The zero-order chi connectivity index (χ0) is 22.8. The van der Waals surface area contributed by atoms with Crippen LogP contribution in [0.1, 0.15) is 53.0 Å². The van der Waals surface area contributed by atoms with Crippen molar-refractivity contribution >= 4 is 17.5 Å². The molecule has 4 rings (SSSR count). The van der Waals surface area contributed by atoms with E-state index in [4.69, 9.17) is 16.3 Å². The lowest BCUT2D eigenvalue weighted by Crippen LogP contribution is -2.31. The second-order valence-electron chi connectivity index (χ2n) is 7.88. The van der Waals surface area contributed by atoms with Crippen LogP contribution in [0.25, 0.3) is 11.3 Å². The number of aliphatic hydroxyl groups is 1. The fourth-order valence-electron chi connectivity index (χ4n) is 4.04. The van der Waals surface area contributed by atoms with Crippen LogP contribution in [0.15, 0.2) is 36.4 Å². The van der Waals surface area contributed by atoms with Crippen molar-refractivity contribution in [3.63, 3.8) is 0 Å². The summed E-state index contributed by atoms with van der Waals surface area (Å²) in [4.78, 5) is 14.9. The first-order valence-electron chi connectivity index (χ1n) is 10.7. The van der Waals surface area contributed by atoms with Crippen LogP contribution in [0.5, 0.6) is 11.5 Å². The van der Waals surface area contributed by atoms with Crippen molar-refractivity contribution in [2.75, 3.05) is 19.8 Å². The van der Waals surface area contributed by atoms with Gasteiger partial charge in [-0.25, -0.2) is 0 Å². The molecule has 0 fully saturated rings. The maximum absolute atomic E-state index is 13.2. The summed E-state index contributed by atoms with van der Waals surface area (Å²) in [6.45, 7) is 4.86. The Morgan fingerprint density at radius 2 is 2.00 bits per heavy atom. The molecular weight excluding hydrogens is 430 g/mol. The molecule has 3 aromatic rings. The summed E-state index contributed by atoms with van der Waals surface area (Å²) in [6, 6.07) is 10.5. The number of aromatic nitrogens is 2. The number of rotatable bonds is 8. The number of carbonyl (C=O) groups excluding carboxylic acids is 1. The third-order valence-corrected chi connectivity index (χ3v) is 6.03. The Bertz CT molecular complexity index is 1130. The number of hydrogen-bond acceptors (Lipinski definition) is 5. The van der Waals surface area contributed by atoms with Gasteiger partial charge in [-0.15, -0.1) is 0 Å². The van der Waals surface area contributed by atoms with Crippen LogP contribution < -0.4 is 4.74 Å². The smallest absolute Gasteiger partial charge is 0.273 e. The quantitative estimate of drug-likeness (QED) is 0.465. The lowest BCUT2D eigenvalue weighted by atomic mass is 9.95. The molecule has 1 amide bonds. The van der Waals surface area contributed by atoms with Gasteiger partial charge in [0.1, 0.15) is 22.9 Å². The molecule has 3 N–H and O–H groups in total. The number of halogens is 1. The molecule has 1 aliphatic heterocycles. The van der Waals surface area contributed by atoms with Crippen molar-refractivity contribution in [1.82, 2.24) is 15.1 Å². The predicted molar refractivity (Wildman–Crippen MR) is 122 cm³/mol. The number of aromatic amines is 1. The van der Waals surface area contributed by atoms with E-state index in [2.05, 4.69) is 10.2 Å². The first kappa shape index (κ1) is 22.2.